The molecule has 27 heavy (non-hydrogen) atoms. The lowest BCUT2D eigenvalue weighted by atomic mass is 9.93. The van der Waals surface area contributed by atoms with Gasteiger partial charge in [0.05, 0.1) is 18.0 Å². The van der Waals surface area contributed by atoms with Crippen molar-refractivity contribution in [1.29, 1.82) is 0 Å². The molecular formula is C19H16F3N3O2. The Balaban J connectivity index is 1.48. The summed E-state index contributed by atoms with van der Waals surface area (Å²) in [5.41, 5.74) is 0.911. The first kappa shape index (κ1) is 17.4. The first-order valence-corrected chi connectivity index (χ1v) is 8.52. The molecule has 0 radical (unpaired) electrons. The lowest BCUT2D eigenvalue weighted by Gasteiger charge is -2.22. The average molecular weight is 375 g/mol. The lowest BCUT2D eigenvalue weighted by Crippen LogP contribution is -2.30. The quantitative estimate of drug-likeness (QED) is 0.743. The van der Waals surface area contributed by atoms with Crippen LogP contribution in [-0.2, 0) is 12.6 Å². The van der Waals surface area contributed by atoms with Crippen molar-refractivity contribution < 1.29 is 22.4 Å². The molecule has 1 N–H and O–H groups in total. The van der Waals surface area contributed by atoms with Gasteiger partial charge in [-0.2, -0.15) is 18.3 Å². The maximum Gasteiger partial charge on any atom is 0.435 e. The summed E-state index contributed by atoms with van der Waals surface area (Å²) in [4.78, 5) is 12.5. The van der Waals surface area contributed by atoms with E-state index in [-0.39, 0.29) is 11.9 Å². The molecule has 5 nitrogen and oxygen atoms in total. The van der Waals surface area contributed by atoms with Crippen molar-refractivity contribution in [2.24, 2.45) is 0 Å². The second-order valence-corrected chi connectivity index (χ2v) is 6.41. The van der Waals surface area contributed by atoms with Crippen molar-refractivity contribution in [2.45, 2.75) is 31.5 Å². The Morgan fingerprint density at radius 1 is 1.19 bits per heavy atom. The van der Waals surface area contributed by atoms with E-state index in [1.807, 2.05) is 6.07 Å². The van der Waals surface area contributed by atoms with Gasteiger partial charge in [0.25, 0.3) is 5.91 Å². The molecule has 2 heterocycles. The smallest absolute Gasteiger partial charge is 0.435 e. The molecule has 8 heteroatoms. The summed E-state index contributed by atoms with van der Waals surface area (Å²) in [6.45, 7) is 0. The fourth-order valence-electron chi connectivity index (χ4n) is 3.26. The Morgan fingerprint density at radius 3 is 2.67 bits per heavy atom. The number of alkyl halides is 3. The summed E-state index contributed by atoms with van der Waals surface area (Å²) in [6.07, 6.45) is 1.02. The van der Waals surface area contributed by atoms with Crippen LogP contribution in [0, 0.1) is 0 Å². The van der Waals surface area contributed by atoms with Crippen LogP contribution in [0.2, 0.25) is 0 Å². The zero-order chi connectivity index (χ0) is 19.0. The van der Waals surface area contributed by atoms with E-state index in [9.17, 15) is 18.0 Å². The summed E-state index contributed by atoms with van der Waals surface area (Å²) in [7, 11) is 0. The number of carbonyl (C=O) groups is 1. The first-order valence-electron chi connectivity index (χ1n) is 8.52. The van der Waals surface area contributed by atoms with Gasteiger partial charge in [0.15, 0.2) is 5.69 Å². The van der Waals surface area contributed by atoms with Gasteiger partial charge in [-0.3, -0.25) is 4.79 Å². The van der Waals surface area contributed by atoms with Crippen molar-refractivity contribution >= 4 is 5.91 Å². The van der Waals surface area contributed by atoms with Gasteiger partial charge in [-0.05, 0) is 49.2 Å². The molecule has 2 aromatic heterocycles. The monoisotopic (exact) mass is 375 g/mol. The summed E-state index contributed by atoms with van der Waals surface area (Å²) in [5, 5.41) is 6.51. The maximum absolute atomic E-state index is 12.7. The molecule has 4 rings (SSSR count). The van der Waals surface area contributed by atoms with Crippen LogP contribution < -0.4 is 5.32 Å². The van der Waals surface area contributed by atoms with Crippen LogP contribution in [0.1, 0.15) is 46.3 Å². The first-order chi connectivity index (χ1) is 12.9. The average Bonchev–Trinajstić information content (AvgIpc) is 3.31. The van der Waals surface area contributed by atoms with Gasteiger partial charge < -0.3 is 9.73 Å². The van der Waals surface area contributed by atoms with Crippen LogP contribution in [0.3, 0.4) is 0 Å². The summed E-state index contributed by atoms with van der Waals surface area (Å²) in [6, 6.07) is 8.95. The Kier molecular flexibility index (Phi) is 4.25. The zero-order valence-corrected chi connectivity index (χ0v) is 14.2. The number of amides is 1. The molecule has 1 atom stereocenters. The number of aryl methyl sites for hydroxylation is 1. The van der Waals surface area contributed by atoms with Crippen molar-refractivity contribution in [3.8, 4) is 5.69 Å². The summed E-state index contributed by atoms with van der Waals surface area (Å²) >= 11 is 0. The molecule has 0 spiro atoms. The number of rotatable bonds is 3. The van der Waals surface area contributed by atoms with Crippen LogP contribution in [0.15, 0.2) is 53.3 Å². The zero-order valence-electron chi connectivity index (χ0n) is 14.2. The largest absolute Gasteiger partial charge is 0.469 e. The Morgan fingerprint density at radius 2 is 1.96 bits per heavy atom. The molecule has 0 saturated carbocycles. The van der Waals surface area contributed by atoms with E-state index in [1.54, 1.807) is 30.5 Å². The molecule has 3 aromatic rings. The van der Waals surface area contributed by atoms with E-state index < -0.39 is 11.9 Å². The van der Waals surface area contributed by atoms with Crippen LogP contribution in [0.4, 0.5) is 13.2 Å². The van der Waals surface area contributed by atoms with Gasteiger partial charge in [-0.1, -0.05) is 0 Å². The molecule has 1 amide bonds. The van der Waals surface area contributed by atoms with Gasteiger partial charge in [0, 0.05) is 23.7 Å². The second kappa shape index (κ2) is 6.61. The predicted molar refractivity (Wildman–Crippen MR) is 90.4 cm³/mol. The Hall–Kier alpha value is -3.03. The number of nitrogens with one attached hydrogen (secondary N) is 1. The number of benzene rings is 1. The van der Waals surface area contributed by atoms with Crippen molar-refractivity contribution in [1.82, 2.24) is 15.1 Å². The summed E-state index contributed by atoms with van der Waals surface area (Å²) in [5.74, 6) is 0.665. The number of aromatic nitrogens is 2. The van der Waals surface area contributed by atoms with Crippen LogP contribution in [0.5, 0.6) is 0 Å². The molecule has 1 aromatic carbocycles. The molecule has 1 unspecified atom stereocenters. The summed E-state index contributed by atoms with van der Waals surface area (Å²) < 4.78 is 44.5. The maximum atomic E-state index is 12.7. The molecule has 140 valence electrons. The van der Waals surface area contributed by atoms with E-state index in [1.165, 1.54) is 6.20 Å². The fourth-order valence-corrected chi connectivity index (χ4v) is 3.26. The highest BCUT2D eigenvalue weighted by atomic mass is 19.4. The molecule has 0 fully saturated rings. The standard InChI is InChI=1S/C19H16F3N3O2/c20-19(21,22)17-8-10-25(24-17)13-6-4-12(5-7-13)18(26)23-15-2-1-3-16-14(15)9-11-27-16/h4-11,15H,1-3H2,(H,23,26). The third-order valence-electron chi connectivity index (χ3n) is 4.63. The third kappa shape index (κ3) is 3.47. The number of nitrogens with zero attached hydrogens (tertiary/aromatic N) is 2. The van der Waals surface area contributed by atoms with E-state index >= 15 is 0 Å². The molecule has 1 aliphatic carbocycles. The van der Waals surface area contributed by atoms with Gasteiger partial charge >= 0.3 is 6.18 Å². The minimum Gasteiger partial charge on any atom is -0.469 e. The molecule has 0 aliphatic heterocycles. The van der Waals surface area contributed by atoms with Crippen LogP contribution >= 0.6 is 0 Å². The van der Waals surface area contributed by atoms with Gasteiger partial charge in [-0.15, -0.1) is 0 Å². The highest BCUT2D eigenvalue weighted by molar-refractivity contribution is 5.94. The van der Waals surface area contributed by atoms with Gasteiger partial charge in [0.1, 0.15) is 5.76 Å². The van der Waals surface area contributed by atoms with E-state index in [2.05, 4.69) is 10.4 Å². The molecule has 0 saturated heterocycles. The highest BCUT2D eigenvalue weighted by Gasteiger charge is 2.33. The fraction of sp³-hybridized carbons (Fsp3) is 0.263. The second-order valence-electron chi connectivity index (χ2n) is 6.41. The van der Waals surface area contributed by atoms with Crippen LogP contribution in [-0.4, -0.2) is 15.7 Å². The van der Waals surface area contributed by atoms with Crippen molar-refractivity contribution in [2.75, 3.05) is 0 Å². The van der Waals surface area contributed by atoms with Gasteiger partial charge in [-0.25, -0.2) is 4.68 Å². The Bertz CT molecular complexity index is 957. The van der Waals surface area contributed by atoms with E-state index in [0.717, 1.165) is 41.3 Å². The SMILES string of the molecule is O=C(NC1CCCc2occc21)c1ccc(-n2ccc(C(F)(F)F)n2)cc1. The number of fused-ring (bicyclic) bond motifs is 1. The predicted octanol–water partition coefficient (Wildman–Crippen LogP) is 4.29. The lowest BCUT2D eigenvalue weighted by molar-refractivity contribution is -0.141. The minimum atomic E-state index is -4.49. The van der Waals surface area contributed by atoms with Crippen molar-refractivity contribution in [3.05, 3.63) is 71.4 Å². The third-order valence-corrected chi connectivity index (χ3v) is 4.63. The van der Waals surface area contributed by atoms with Gasteiger partial charge in [0.2, 0.25) is 0 Å². The Labute approximate surface area is 152 Å². The normalized spacial score (nSPS) is 16.8. The number of hydrogen-bond acceptors (Lipinski definition) is 3. The number of halogens is 3. The molecular weight excluding hydrogens is 359 g/mol. The van der Waals surface area contributed by atoms with E-state index in [4.69, 9.17) is 4.42 Å². The topological polar surface area (TPSA) is 60.1 Å². The number of carbonyl (C=O) groups excluding carboxylic acids is 1. The number of furan rings is 1. The molecule has 0 bridgehead atoms. The molecule has 1 aliphatic rings. The van der Waals surface area contributed by atoms with Crippen LogP contribution in [0.25, 0.3) is 5.69 Å². The van der Waals surface area contributed by atoms with E-state index in [0.29, 0.717) is 11.3 Å². The minimum absolute atomic E-state index is 0.0971. The highest BCUT2D eigenvalue weighted by Crippen LogP contribution is 2.31. The van der Waals surface area contributed by atoms with Crippen molar-refractivity contribution in [3.63, 3.8) is 0 Å². The number of hydrogen-bond donors (Lipinski definition) is 1.